The topological polar surface area (TPSA) is 87.8 Å². The van der Waals surface area contributed by atoms with Crippen LogP contribution in [0.25, 0.3) is 11.4 Å². The van der Waals surface area contributed by atoms with Crippen molar-refractivity contribution < 1.29 is 9.26 Å². The van der Waals surface area contributed by atoms with Crippen molar-refractivity contribution in [2.24, 2.45) is 4.99 Å². The third-order valence-electron chi connectivity index (χ3n) is 5.02. The van der Waals surface area contributed by atoms with E-state index in [-0.39, 0.29) is 0 Å². The first-order valence-electron chi connectivity index (χ1n) is 10.5. The van der Waals surface area contributed by atoms with Gasteiger partial charge in [0.25, 0.3) is 0 Å². The van der Waals surface area contributed by atoms with Gasteiger partial charge >= 0.3 is 0 Å². The largest absolute Gasteiger partial charge is 0.385 e. The van der Waals surface area contributed by atoms with E-state index >= 15 is 0 Å². The fourth-order valence-corrected chi connectivity index (χ4v) is 3.65. The quantitative estimate of drug-likeness (QED) is 0.356. The molecular weight excluding hydrogens is 404 g/mol. The van der Waals surface area contributed by atoms with Gasteiger partial charge in [0, 0.05) is 56.5 Å². The Morgan fingerprint density at radius 3 is 2.93 bits per heavy atom. The first-order valence-corrected chi connectivity index (χ1v) is 10.9. The second-order valence-corrected chi connectivity index (χ2v) is 7.76. The molecule has 3 rings (SSSR count). The zero-order valence-electron chi connectivity index (χ0n) is 17.7. The molecular formula is C21H31ClN6O2. The summed E-state index contributed by atoms with van der Waals surface area (Å²) in [6.07, 6.45) is 3.27. The lowest BCUT2D eigenvalue weighted by Crippen LogP contribution is -2.48. The maximum Gasteiger partial charge on any atom is 0.248 e. The summed E-state index contributed by atoms with van der Waals surface area (Å²) in [7, 11) is 1.75. The van der Waals surface area contributed by atoms with Gasteiger partial charge in [-0.05, 0) is 38.3 Å². The van der Waals surface area contributed by atoms with Crippen LogP contribution in [0.2, 0.25) is 5.02 Å². The van der Waals surface area contributed by atoms with Crippen molar-refractivity contribution in [1.82, 2.24) is 25.7 Å². The third kappa shape index (κ3) is 6.97. The van der Waals surface area contributed by atoms with Crippen LogP contribution in [-0.4, -0.2) is 66.9 Å². The molecule has 0 saturated carbocycles. The summed E-state index contributed by atoms with van der Waals surface area (Å²) < 4.78 is 10.5. The van der Waals surface area contributed by atoms with Crippen LogP contribution < -0.4 is 10.6 Å². The summed E-state index contributed by atoms with van der Waals surface area (Å²) in [5.74, 6) is 1.76. The number of ether oxygens (including phenoxy) is 1. The van der Waals surface area contributed by atoms with Crippen molar-refractivity contribution in [2.45, 2.75) is 38.8 Å². The zero-order valence-corrected chi connectivity index (χ0v) is 18.5. The number of likely N-dealkylation sites (tertiary alicyclic amines) is 1. The van der Waals surface area contributed by atoms with Crippen molar-refractivity contribution in [3.8, 4) is 11.4 Å². The number of hydrogen-bond acceptors (Lipinski definition) is 6. The molecule has 0 bridgehead atoms. The number of halogens is 1. The number of aromatic nitrogens is 2. The first-order chi connectivity index (χ1) is 14.7. The highest BCUT2D eigenvalue weighted by molar-refractivity contribution is 6.30. The summed E-state index contributed by atoms with van der Waals surface area (Å²) >= 11 is 6.04. The molecule has 0 unspecified atom stereocenters. The number of benzene rings is 1. The minimum atomic E-state index is 0.318. The van der Waals surface area contributed by atoms with Gasteiger partial charge in [-0.2, -0.15) is 4.98 Å². The number of hydrogen-bond donors (Lipinski definition) is 2. The van der Waals surface area contributed by atoms with E-state index in [1.807, 2.05) is 24.3 Å². The van der Waals surface area contributed by atoms with Gasteiger partial charge in [0.2, 0.25) is 11.7 Å². The Labute approximate surface area is 183 Å². The molecule has 0 aliphatic carbocycles. The van der Waals surface area contributed by atoms with Crippen LogP contribution in [0.3, 0.4) is 0 Å². The predicted molar refractivity (Wildman–Crippen MR) is 119 cm³/mol. The third-order valence-corrected chi connectivity index (χ3v) is 5.25. The Bertz CT molecular complexity index is 804. The molecule has 1 saturated heterocycles. The Hall–Kier alpha value is -2.16. The predicted octanol–water partition coefficient (Wildman–Crippen LogP) is 2.95. The molecule has 2 heterocycles. The average molecular weight is 435 g/mol. The number of piperidine rings is 1. The maximum atomic E-state index is 6.04. The maximum absolute atomic E-state index is 6.04. The molecule has 0 spiro atoms. The Balaban J connectivity index is 1.51. The van der Waals surface area contributed by atoms with Gasteiger partial charge in [-0.3, -0.25) is 0 Å². The minimum Gasteiger partial charge on any atom is -0.385 e. The lowest BCUT2D eigenvalue weighted by atomic mass is 10.1. The number of aliphatic imine (C=N–C) groups is 1. The van der Waals surface area contributed by atoms with Crippen LogP contribution in [0.4, 0.5) is 0 Å². The highest BCUT2D eigenvalue weighted by atomic mass is 35.5. The zero-order chi connectivity index (χ0) is 21.2. The Morgan fingerprint density at radius 1 is 1.37 bits per heavy atom. The van der Waals surface area contributed by atoms with E-state index in [1.165, 1.54) is 0 Å². The van der Waals surface area contributed by atoms with Crippen molar-refractivity contribution in [1.29, 1.82) is 0 Å². The summed E-state index contributed by atoms with van der Waals surface area (Å²) in [6, 6.07) is 7.80. The molecule has 1 aromatic carbocycles. The van der Waals surface area contributed by atoms with E-state index in [2.05, 4.69) is 37.6 Å². The Kier molecular flexibility index (Phi) is 8.92. The van der Waals surface area contributed by atoms with Gasteiger partial charge in [0.15, 0.2) is 5.96 Å². The van der Waals surface area contributed by atoms with Crippen LogP contribution in [0.15, 0.2) is 33.8 Å². The van der Waals surface area contributed by atoms with Crippen LogP contribution in [0, 0.1) is 0 Å². The first kappa shape index (κ1) is 22.5. The summed E-state index contributed by atoms with van der Waals surface area (Å²) in [5.41, 5.74) is 0.823. The second kappa shape index (κ2) is 11.9. The standard InChI is InChI=1S/C21H31ClN6O2/c1-3-23-21(25-18-8-11-28(12-9-18)10-5-13-29-2)24-15-19-26-20(27-30-19)16-6-4-7-17(22)14-16/h4,6-7,14,18H,3,5,8-13,15H2,1-2H3,(H2,23,24,25). The van der Waals surface area contributed by atoms with E-state index in [4.69, 9.17) is 20.9 Å². The van der Waals surface area contributed by atoms with E-state index in [0.717, 1.165) is 63.6 Å². The molecule has 8 nitrogen and oxygen atoms in total. The number of guanidine groups is 1. The average Bonchev–Trinajstić information content (AvgIpc) is 3.23. The lowest BCUT2D eigenvalue weighted by Gasteiger charge is -2.33. The fourth-order valence-electron chi connectivity index (χ4n) is 3.46. The molecule has 1 aliphatic heterocycles. The lowest BCUT2D eigenvalue weighted by molar-refractivity contribution is 0.155. The van der Waals surface area contributed by atoms with Crippen LogP contribution >= 0.6 is 11.6 Å². The van der Waals surface area contributed by atoms with Crippen LogP contribution in [0.1, 0.15) is 32.1 Å². The van der Waals surface area contributed by atoms with E-state index in [1.54, 1.807) is 7.11 Å². The van der Waals surface area contributed by atoms with E-state index < -0.39 is 0 Å². The van der Waals surface area contributed by atoms with Gasteiger partial charge in [-0.1, -0.05) is 28.9 Å². The normalized spacial score (nSPS) is 16.0. The smallest absolute Gasteiger partial charge is 0.248 e. The van der Waals surface area contributed by atoms with Gasteiger partial charge in [-0.25, -0.2) is 4.99 Å². The van der Waals surface area contributed by atoms with Crippen molar-refractivity contribution >= 4 is 17.6 Å². The molecule has 1 fully saturated rings. The number of methoxy groups -OCH3 is 1. The number of nitrogens with zero attached hydrogens (tertiary/aromatic N) is 4. The van der Waals surface area contributed by atoms with Gasteiger partial charge in [0.05, 0.1) is 0 Å². The fraction of sp³-hybridized carbons (Fsp3) is 0.571. The van der Waals surface area contributed by atoms with Crippen LogP contribution in [-0.2, 0) is 11.3 Å². The molecule has 0 amide bonds. The highest BCUT2D eigenvalue weighted by Gasteiger charge is 2.19. The SMILES string of the molecule is CCNC(=NCc1nc(-c2cccc(Cl)c2)no1)NC1CCN(CCCOC)CC1. The molecule has 30 heavy (non-hydrogen) atoms. The van der Waals surface area contributed by atoms with E-state index in [0.29, 0.717) is 29.3 Å². The monoisotopic (exact) mass is 434 g/mol. The molecule has 2 N–H and O–H groups in total. The van der Waals surface area contributed by atoms with Crippen molar-refractivity contribution in [2.75, 3.05) is 39.9 Å². The number of nitrogens with one attached hydrogen (secondary N) is 2. The molecule has 1 aromatic heterocycles. The number of rotatable bonds is 9. The van der Waals surface area contributed by atoms with Gasteiger partial charge in [-0.15, -0.1) is 0 Å². The molecule has 0 radical (unpaired) electrons. The molecule has 2 aromatic rings. The second-order valence-electron chi connectivity index (χ2n) is 7.32. The van der Waals surface area contributed by atoms with Gasteiger partial charge in [0.1, 0.15) is 6.54 Å². The minimum absolute atomic E-state index is 0.318. The van der Waals surface area contributed by atoms with Gasteiger partial charge < -0.3 is 24.8 Å². The summed E-state index contributed by atoms with van der Waals surface area (Å²) in [4.78, 5) is 11.6. The summed E-state index contributed by atoms with van der Waals surface area (Å²) in [5, 5.41) is 11.5. The molecule has 0 atom stereocenters. The van der Waals surface area contributed by atoms with Crippen molar-refractivity contribution in [3.05, 3.63) is 35.2 Å². The van der Waals surface area contributed by atoms with Crippen molar-refractivity contribution in [3.63, 3.8) is 0 Å². The molecule has 9 heteroatoms. The highest BCUT2D eigenvalue weighted by Crippen LogP contribution is 2.20. The Morgan fingerprint density at radius 2 is 2.20 bits per heavy atom. The van der Waals surface area contributed by atoms with E-state index in [9.17, 15) is 0 Å². The molecule has 164 valence electrons. The molecule has 1 aliphatic rings. The summed E-state index contributed by atoms with van der Waals surface area (Å²) in [6.45, 7) is 7.27. The van der Waals surface area contributed by atoms with Crippen LogP contribution in [0.5, 0.6) is 0 Å².